The quantitative estimate of drug-likeness (QED) is 0.848. The molecule has 2 rings (SSSR count). The van der Waals surface area contributed by atoms with Crippen LogP contribution in [-0.2, 0) is 0 Å². The van der Waals surface area contributed by atoms with Gasteiger partial charge in [-0.15, -0.1) is 0 Å². The monoisotopic (exact) mass is 288 g/mol. The van der Waals surface area contributed by atoms with Crippen LogP contribution >= 0.6 is 0 Å². The molecule has 0 bridgehead atoms. The van der Waals surface area contributed by atoms with Gasteiger partial charge in [0.05, 0.1) is 18.4 Å². The maximum Gasteiger partial charge on any atom is 0.260 e. The van der Waals surface area contributed by atoms with E-state index in [4.69, 9.17) is 9.63 Å². The number of halogens is 1. The molecule has 6 heteroatoms. The molecule has 0 saturated heterocycles. The van der Waals surface area contributed by atoms with Gasteiger partial charge in [-0.3, -0.25) is 4.79 Å². The van der Waals surface area contributed by atoms with Gasteiger partial charge < -0.3 is 14.9 Å². The Labute approximate surface area is 120 Å². The molecule has 0 atom stereocenters. The van der Waals surface area contributed by atoms with E-state index in [1.54, 1.807) is 13.0 Å². The molecule has 0 spiro atoms. The van der Waals surface area contributed by atoms with Gasteiger partial charge >= 0.3 is 0 Å². The van der Waals surface area contributed by atoms with Crippen LogP contribution in [0.3, 0.4) is 0 Å². The molecule has 1 amide bonds. The number of amides is 1. The number of rotatable bonds is 3. The van der Waals surface area contributed by atoms with Crippen LogP contribution in [0.4, 0.5) is 10.1 Å². The number of hydrogen-bond donors (Lipinski definition) is 2. The van der Waals surface area contributed by atoms with Gasteiger partial charge in [0.25, 0.3) is 5.91 Å². The number of nitrogens with one attached hydrogen (secondary N) is 1. The zero-order valence-corrected chi connectivity index (χ0v) is 11.3. The third-order valence-electron chi connectivity index (χ3n) is 2.68. The molecular formula is C15H13FN2O3. The van der Waals surface area contributed by atoms with Gasteiger partial charge in [0.1, 0.15) is 17.1 Å². The van der Waals surface area contributed by atoms with Gasteiger partial charge in [0.15, 0.2) is 0 Å². The second-order valence-corrected chi connectivity index (χ2v) is 4.22. The summed E-state index contributed by atoms with van der Waals surface area (Å²) in [6.07, 6.45) is 1.58. The van der Waals surface area contributed by atoms with E-state index in [1.165, 1.54) is 18.3 Å². The second-order valence-electron chi connectivity index (χ2n) is 4.22. The van der Waals surface area contributed by atoms with Crippen LogP contribution in [0.2, 0.25) is 0 Å². The van der Waals surface area contributed by atoms with Crippen LogP contribution < -0.4 is 5.32 Å². The molecule has 1 aromatic heterocycles. The number of carbonyl (C=O) groups is 1. The Morgan fingerprint density at radius 1 is 1.52 bits per heavy atom. The van der Waals surface area contributed by atoms with Gasteiger partial charge in [-0.2, -0.15) is 0 Å². The van der Waals surface area contributed by atoms with Crippen molar-refractivity contribution in [2.75, 3.05) is 11.9 Å². The van der Waals surface area contributed by atoms with Crippen LogP contribution in [0.15, 0.2) is 28.9 Å². The molecule has 5 nitrogen and oxygen atoms in total. The predicted octanol–water partition coefficient (Wildman–Crippen LogP) is 2.11. The Kier molecular flexibility index (Phi) is 4.69. The van der Waals surface area contributed by atoms with Gasteiger partial charge in [-0.05, 0) is 25.1 Å². The lowest BCUT2D eigenvalue weighted by Gasteiger charge is -2.04. The van der Waals surface area contributed by atoms with E-state index in [0.29, 0.717) is 17.0 Å². The van der Waals surface area contributed by atoms with E-state index in [0.717, 1.165) is 0 Å². The molecule has 1 heterocycles. The molecule has 0 unspecified atom stereocenters. The first-order valence-corrected chi connectivity index (χ1v) is 6.23. The lowest BCUT2D eigenvalue weighted by atomic mass is 10.2. The molecule has 1 aromatic carbocycles. The SMILES string of the molecule is Cc1oncc1C(=O)Nc1ccc(C#CCCO)c(F)c1. The minimum Gasteiger partial charge on any atom is -0.395 e. The Bertz CT molecular complexity index is 713. The summed E-state index contributed by atoms with van der Waals surface area (Å²) in [5.41, 5.74) is 0.815. The van der Waals surface area contributed by atoms with E-state index in [1.807, 2.05) is 0 Å². The summed E-state index contributed by atoms with van der Waals surface area (Å²) in [5, 5.41) is 14.7. The molecule has 0 aliphatic rings. The molecule has 2 aromatic rings. The minimum atomic E-state index is -0.541. The summed E-state index contributed by atoms with van der Waals surface area (Å²) in [6, 6.07) is 4.20. The van der Waals surface area contributed by atoms with Gasteiger partial charge in [-0.1, -0.05) is 17.0 Å². The number of aromatic nitrogens is 1. The summed E-state index contributed by atoms with van der Waals surface area (Å²) < 4.78 is 18.6. The first-order valence-electron chi connectivity index (χ1n) is 6.23. The molecule has 0 aliphatic carbocycles. The van der Waals surface area contributed by atoms with Crippen LogP contribution in [0.5, 0.6) is 0 Å². The minimum absolute atomic E-state index is 0.0686. The van der Waals surface area contributed by atoms with E-state index < -0.39 is 11.7 Å². The highest BCUT2D eigenvalue weighted by Gasteiger charge is 2.13. The van der Waals surface area contributed by atoms with E-state index in [9.17, 15) is 9.18 Å². The third kappa shape index (κ3) is 3.68. The molecule has 108 valence electrons. The number of nitrogens with zero attached hydrogens (tertiary/aromatic N) is 1. The molecule has 2 N–H and O–H groups in total. The Morgan fingerprint density at radius 2 is 2.33 bits per heavy atom. The van der Waals surface area contributed by atoms with Crippen LogP contribution in [0.25, 0.3) is 0 Å². The molecule has 0 radical (unpaired) electrons. The first-order chi connectivity index (χ1) is 10.1. The van der Waals surface area contributed by atoms with Crippen molar-refractivity contribution in [1.82, 2.24) is 5.16 Å². The lowest BCUT2D eigenvalue weighted by molar-refractivity contribution is 0.102. The predicted molar refractivity (Wildman–Crippen MR) is 74.2 cm³/mol. The fourth-order valence-electron chi connectivity index (χ4n) is 1.62. The van der Waals surface area contributed by atoms with Crippen molar-refractivity contribution in [2.45, 2.75) is 13.3 Å². The van der Waals surface area contributed by atoms with Crippen molar-refractivity contribution >= 4 is 11.6 Å². The van der Waals surface area contributed by atoms with Gasteiger partial charge in [0, 0.05) is 12.1 Å². The van der Waals surface area contributed by atoms with Crippen molar-refractivity contribution < 1.29 is 18.8 Å². The number of aliphatic hydroxyl groups is 1. The van der Waals surface area contributed by atoms with Crippen molar-refractivity contribution in [2.24, 2.45) is 0 Å². The van der Waals surface area contributed by atoms with Crippen molar-refractivity contribution in [3.05, 3.63) is 47.1 Å². The number of aryl methyl sites for hydroxylation is 1. The fourth-order valence-corrected chi connectivity index (χ4v) is 1.62. The Morgan fingerprint density at radius 3 is 2.95 bits per heavy atom. The zero-order valence-electron chi connectivity index (χ0n) is 11.3. The van der Waals surface area contributed by atoms with Crippen molar-refractivity contribution in [3.8, 4) is 11.8 Å². The normalized spacial score (nSPS) is 9.86. The van der Waals surface area contributed by atoms with Crippen LogP contribution in [-0.4, -0.2) is 22.8 Å². The highest BCUT2D eigenvalue weighted by atomic mass is 19.1. The Balaban J connectivity index is 2.12. The molecule has 0 fully saturated rings. The number of anilines is 1. The number of benzene rings is 1. The van der Waals surface area contributed by atoms with Gasteiger partial charge in [-0.25, -0.2) is 4.39 Å². The van der Waals surface area contributed by atoms with E-state index in [2.05, 4.69) is 22.3 Å². The first kappa shape index (κ1) is 14.8. The molecular weight excluding hydrogens is 275 g/mol. The van der Waals surface area contributed by atoms with Crippen molar-refractivity contribution in [3.63, 3.8) is 0 Å². The highest BCUT2D eigenvalue weighted by Crippen LogP contribution is 2.16. The number of carbonyl (C=O) groups excluding carboxylic acids is 1. The topological polar surface area (TPSA) is 75.4 Å². The number of aliphatic hydroxyl groups excluding tert-OH is 1. The summed E-state index contributed by atoms with van der Waals surface area (Å²) >= 11 is 0. The van der Waals surface area contributed by atoms with E-state index in [-0.39, 0.29) is 18.6 Å². The summed E-state index contributed by atoms with van der Waals surface area (Å²) in [7, 11) is 0. The Hall–Kier alpha value is -2.65. The smallest absolute Gasteiger partial charge is 0.260 e. The van der Waals surface area contributed by atoms with E-state index >= 15 is 0 Å². The highest BCUT2D eigenvalue weighted by molar-refractivity contribution is 6.04. The zero-order chi connectivity index (χ0) is 15.2. The fraction of sp³-hybridized carbons (Fsp3) is 0.200. The second kappa shape index (κ2) is 6.68. The van der Waals surface area contributed by atoms with Crippen molar-refractivity contribution in [1.29, 1.82) is 0 Å². The molecule has 0 saturated carbocycles. The number of hydrogen-bond acceptors (Lipinski definition) is 4. The summed E-state index contributed by atoms with van der Waals surface area (Å²) in [6.45, 7) is 1.54. The average Bonchev–Trinajstić information content (AvgIpc) is 2.88. The lowest BCUT2D eigenvalue weighted by Crippen LogP contribution is -2.12. The van der Waals surface area contributed by atoms with Crippen LogP contribution in [0.1, 0.15) is 28.1 Å². The maximum absolute atomic E-state index is 13.8. The molecule has 21 heavy (non-hydrogen) atoms. The summed E-state index contributed by atoms with van der Waals surface area (Å²) in [4.78, 5) is 11.9. The van der Waals surface area contributed by atoms with Crippen LogP contribution in [0, 0.1) is 24.6 Å². The van der Waals surface area contributed by atoms with Gasteiger partial charge in [0.2, 0.25) is 0 Å². The third-order valence-corrected chi connectivity index (χ3v) is 2.68. The average molecular weight is 288 g/mol. The largest absolute Gasteiger partial charge is 0.395 e. The maximum atomic E-state index is 13.8. The standard InChI is InChI=1S/C15H13FN2O3/c1-10-13(9-17-21-10)15(20)18-12-6-5-11(14(16)8-12)4-2-3-7-19/h5-6,8-9,19H,3,7H2,1H3,(H,18,20). The summed E-state index contributed by atoms with van der Waals surface area (Å²) in [5.74, 6) is 4.67. The molecule has 0 aliphatic heterocycles.